The Labute approximate surface area is 164 Å². The van der Waals surface area contributed by atoms with Crippen LogP contribution in [0.5, 0.6) is 5.75 Å². The van der Waals surface area contributed by atoms with Crippen LogP contribution >= 0.6 is 0 Å². The van der Waals surface area contributed by atoms with Gasteiger partial charge in [0.05, 0.1) is 0 Å². The molecule has 0 bridgehead atoms. The number of carbonyl (C=O) groups is 1. The zero-order chi connectivity index (χ0) is 19.2. The first-order valence-corrected chi connectivity index (χ1v) is 9.39. The number of fused-ring (bicyclic) bond motifs is 1. The average molecular weight is 370 g/mol. The largest absolute Gasteiger partial charge is 0.489 e. The highest BCUT2D eigenvalue weighted by Crippen LogP contribution is 2.18. The summed E-state index contributed by atoms with van der Waals surface area (Å²) in [6.07, 6.45) is 2.79. The average Bonchev–Trinajstić information content (AvgIpc) is 3.16. The molecule has 4 heteroatoms. The van der Waals surface area contributed by atoms with E-state index in [0.29, 0.717) is 24.5 Å². The van der Waals surface area contributed by atoms with Crippen molar-refractivity contribution >= 4 is 16.8 Å². The van der Waals surface area contributed by atoms with Gasteiger partial charge in [-0.05, 0) is 41.8 Å². The minimum atomic E-state index is -0.0926. The molecule has 3 aromatic carbocycles. The molecule has 4 rings (SSSR count). The van der Waals surface area contributed by atoms with Gasteiger partial charge in [-0.2, -0.15) is 0 Å². The van der Waals surface area contributed by atoms with E-state index in [0.717, 1.165) is 17.5 Å². The molecule has 4 aromatic rings. The number of H-pyrrole nitrogens is 1. The summed E-state index contributed by atoms with van der Waals surface area (Å²) in [5, 5.41) is 4.20. The fraction of sp³-hybridized carbons (Fsp3) is 0.125. The van der Waals surface area contributed by atoms with E-state index in [1.807, 2.05) is 60.8 Å². The lowest BCUT2D eigenvalue weighted by molar-refractivity contribution is 0.0953. The first-order chi connectivity index (χ1) is 13.8. The van der Waals surface area contributed by atoms with E-state index in [2.05, 4.69) is 22.4 Å². The summed E-state index contributed by atoms with van der Waals surface area (Å²) in [5.74, 6) is 0.595. The first-order valence-electron chi connectivity index (χ1n) is 9.39. The Morgan fingerprint density at radius 1 is 0.929 bits per heavy atom. The molecule has 0 spiro atoms. The Kier molecular flexibility index (Phi) is 5.38. The van der Waals surface area contributed by atoms with E-state index in [-0.39, 0.29) is 5.91 Å². The lowest BCUT2D eigenvalue weighted by Crippen LogP contribution is -2.25. The lowest BCUT2D eigenvalue weighted by Gasteiger charge is -2.09. The molecule has 28 heavy (non-hydrogen) atoms. The number of para-hydroxylation sites is 1. The number of amides is 1. The van der Waals surface area contributed by atoms with Crippen LogP contribution in [0.25, 0.3) is 10.9 Å². The number of rotatable bonds is 7. The van der Waals surface area contributed by atoms with Gasteiger partial charge in [0.2, 0.25) is 0 Å². The number of aromatic nitrogens is 1. The van der Waals surface area contributed by atoms with Gasteiger partial charge in [0.1, 0.15) is 12.4 Å². The van der Waals surface area contributed by atoms with Gasteiger partial charge in [0.15, 0.2) is 0 Å². The van der Waals surface area contributed by atoms with Crippen molar-refractivity contribution in [2.75, 3.05) is 6.54 Å². The van der Waals surface area contributed by atoms with Crippen molar-refractivity contribution in [1.29, 1.82) is 0 Å². The molecule has 0 unspecified atom stereocenters. The molecule has 0 fully saturated rings. The van der Waals surface area contributed by atoms with Crippen molar-refractivity contribution < 1.29 is 9.53 Å². The van der Waals surface area contributed by atoms with E-state index in [4.69, 9.17) is 4.74 Å². The van der Waals surface area contributed by atoms with Crippen molar-refractivity contribution in [3.05, 3.63) is 102 Å². The molecule has 1 aromatic heterocycles. The number of carbonyl (C=O) groups excluding carboxylic acids is 1. The van der Waals surface area contributed by atoms with Gasteiger partial charge in [0.25, 0.3) is 5.91 Å². The third-order valence-corrected chi connectivity index (χ3v) is 4.70. The Hall–Kier alpha value is -3.53. The first kappa shape index (κ1) is 17.9. The van der Waals surface area contributed by atoms with Gasteiger partial charge in [-0.3, -0.25) is 4.79 Å². The SMILES string of the molecule is O=C(NCCc1c[nH]c2ccccc12)c1cccc(OCc2ccccc2)c1. The molecule has 0 aliphatic carbocycles. The maximum Gasteiger partial charge on any atom is 0.251 e. The van der Waals surface area contributed by atoms with Crippen LogP contribution in [0.15, 0.2) is 85.1 Å². The van der Waals surface area contributed by atoms with Crippen LogP contribution in [0.1, 0.15) is 21.5 Å². The minimum Gasteiger partial charge on any atom is -0.489 e. The molecule has 0 aliphatic heterocycles. The van der Waals surface area contributed by atoms with Crippen molar-refractivity contribution in [3.8, 4) is 5.75 Å². The van der Waals surface area contributed by atoms with Gasteiger partial charge in [0, 0.05) is 29.2 Å². The van der Waals surface area contributed by atoms with Gasteiger partial charge in [-0.1, -0.05) is 54.6 Å². The Morgan fingerprint density at radius 2 is 1.75 bits per heavy atom. The highest BCUT2D eigenvalue weighted by atomic mass is 16.5. The lowest BCUT2D eigenvalue weighted by atomic mass is 10.1. The van der Waals surface area contributed by atoms with Crippen LogP contribution < -0.4 is 10.1 Å². The summed E-state index contributed by atoms with van der Waals surface area (Å²) < 4.78 is 5.81. The number of aromatic amines is 1. The van der Waals surface area contributed by atoms with E-state index in [1.54, 1.807) is 12.1 Å². The second-order valence-electron chi connectivity index (χ2n) is 6.67. The molecule has 0 aliphatic rings. The Balaban J connectivity index is 1.33. The number of hydrogen-bond donors (Lipinski definition) is 2. The summed E-state index contributed by atoms with van der Waals surface area (Å²) >= 11 is 0. The van der Waals surface area contributed by atoms with E-state index < -0.39 is 0 Å². The summed E-state index contributed by atoms with van der Waals surface area (Å²) in [6, 6.07) is 25.5. The zero-order valence-corrected chi connectivity index (χ0v) is 15.5. The van der Waals surface area contributed by atoms with Gasteiger partial charge < -0.3 is 15.0 Å². The van der Waals surface area contributed by atoms with E-state index in [1.165, 1.54) is 10.9 Å². The molecular weight excluding hydrogens is 348 g/mol. The molecule has 2 N–H and O–H groups in total. The van der Waals surface area contributed by atoms with E-state index in [9.17, 15) is 4.79 Å². The van der Waals surface area contributed by atoms with Crippen LogP contribution in [0.4, 0.5) is 0 Å². The molecule has 1 amide bonds. The normalized spacial score (nSPS) is 10.7. The van der Waals surface area contributed by atoms with Crippen molar-refractivity contribution in [2.45, 2.75) is 13.0 Å². The fourth-order valence-electron chi connectivity index (χ4n) is 3.22. The van der Waals surface area contributed by atoms with E-state index >= 15 is 0 Å². The summed E-state index contributed by atoms with van der Waals surface area (Å²) in [7, 11) is 0. The Bertz CT molecular complexity index is 1070. The highest BCUT2D eigenvalue weighted by molar-refractivity contribution is 5.94. The molecule has 0 atom stereocenters. The van der Waals surface area contributed by atoms with Gasteiger partial charge >= 0.3 is 0 Å². The summed E-state index contributed by atoms with van der Waals surface area (Å²) in [4.78, 5) is 15.8. The fourth-order valence-corrected chi connectivity index (χ4v) is 3.22. The maximum atomic E-state index is 12.5. The molecule has 0 saturated heterocycles. The van der Waals surface area contributed by atoms with Crippen molar-refractivity contribution in [2.24, 2.45) is 0 Å². The number of ether oxygens (including phenoxy) is 1. The molecule has 4 nitrogen and oxygen atoms in total. The highest BCUT2D eigenvalue weighted by Gasteiger charge is 2.08. The summed E-state index contributed by atoms with van der Waals surface area (Å²) in [6.45, 7) is 1.06. The van der Waals surface area contributed by atoms with Crippen molar-refractivity contribution in [1.82, 2.24) is 10.3 Å². The van der Waals surface area contributed by atoms with Crippen LogP contribution in [0, 0.1) is 0 Å². The number of hydrogen-bond acceptors (Lipinski definition) is 2. The second-order valence-corrected chi connectivity index (χ2v) is 6.67. The standard InChI is InChI=1S/C24H22N2O2/c27-24(25-14-13-20-16-26-23-12-5-4-11-22(20)23)19-9-6-10-21(15-19)28-17-18-7-2-1-3-8-18/h1-12,15-16,26H,13-14,17H2,(H,25,27). The Morgan fingerprint density at radius 3 is 2.64 bits per heavy atom. The molecule has 140 valence electrons. The molecule has 0 radical (unpaired) electrons. The van der Waals surface area contributed by atoms with Crippen molar-refractivity contribution in [3.63, 3.8) is 0 Å². The smallest absolute Gasteiger partial charge is 0.251 e. The minimum absolute atomic E-state index is 0.0926. The molecular formula is C24H22N2O2. The zero-order valence-electron chi connectivity index (χ0n) is 15.5. The summed E-state index contributed by atoms with van der Waals surface area (Å²) in [5.41, 5.74) is 4.02. The van der Waals surface area contributed by atoms with Gasteiger partial charge in [-0.15, -0.1) is 0 Å². The molecule has 1 heterocycles. The van der Waals surface area contributed by atoms with Crippen LogP contribution in [-0.4, -0.2) is 17.4 Å². The van der Waals surface area contributed by atoms with Crippen LogP contribution in [0.3, 0.4) is 0 Å². The number of benzene rings is 3. The quantitative estimate of drug-likeness (QED) is 0.495. The van der Waals surface area contributed by atoms with Crippen LogP contribution in [0.2, 0.25) is 0 Å². The van der Waals surface area contributed by atoms with Crippen LogP contribution in [-0.2, 0) is 13.0 Å². The monoisotopic (exact) mass is 370 g/mol. The maximum absolute atomic E-state index is 12.5. The third kappa shape index (κ3) is 4.23. The second kappa shape index (κ2) is 8.44. The third-order valence-electron chi connectivity index (χ3n) is 4.70. The van der Waals surface area contributed by atoms with Gasteiger partial charge in [-0.25, -0.2) is 0 Å². The topological polar surface area (TPSA) is 54.1 Å². The predicted molar refractivity (Wildman–Crippen MR) is 112 cm³/mol. The number of nitrogens with one attached hydrogen (secondary N) is 2. The predicted octanol–water partition coefficient (Wildman–Crippen LogP) is 4.72. The molecule has 0 saturated carbocycles.